The van der Waals surface area contributed by atoms with Gasteiger partial charge < -0.3 is 5.32 Å². The molecule has 0 aliphatic rings. The molecule has 19 heavy (non-hydrogen) atoms. The molecule has 0 amide bonds. The average molecular weight is 279 g/mol. The van der Waals surface area contributed by atoms with Crippen molar-refractivity contribution in [3.05, 3.63) is 35.4 Å². The zero-order valence-corrected chi connectivity index (χ0v) is 14.1. The van der Waals surface area contributed by atoms with E-state index in [1.807, 2.05) is 11.8 Å². The van der Waals surface area contributed by atoms with Crippen LogP contribution in [0.3, 0.4) is 0 Å². The van der Waals surface area contributed by atoms with Gasteiger partial charge in [-0.3, -0.25) is 0 Å². The van der Waals surface area contributed by atoms with E-state index in [2.05, 4.69) is 70.5 Å². The van der Waals surface area contributed by atoms with E-state index in [4.69, 9.17) is 0 Å². The topological polar surface area (TPSA) is 12.0 Å². The van der Waals surface area contributed by atoms with Crippen LogP contribution in [0.5, 0.6) is 0 Å². The SMILES string of the molecule is CSC(C)(C)CNC(C)c1ccc(CC(C)C)cc1. The molecule has 0 aliphatic heterocycles. The summed E-state index contributed by atoms with van der Waals surface area (Å²) in [5, 5.41) is 3.63. The van der Waals surface area contributed by atoms with Crippen LogP contribution in [-0.4, -0.2) is 17.5 Å². The van der Waals surface area contributed by atoms with Gasteiger partial charge in [0.15, 0.2) is 0 Å². The molecule has 0 radical (unpaired) electrons. The Kier molecular flexibility index (Phi) is 6.41. The lowest BCUT2D eigenvalue weighted by atomic mass is 10.00. The van der Waals surface area contributed by atoms with Crippen LogP contribution in [0, 0.1) is 5.92 Å². The summed E-state index contributed by atoms with van der Waals surface area (Å²) in [5.74, 6) is 0.726. The standard InChI is InChI=1S/C17H29NS/c1-13(2)11-15-7-9-16(10-8-15)14(3)18-12-17(4,5)19-6/h7-10,13-14,18H,11-12H2,1-6H3. The predicted octanol–water partition coefficient (Wildman–Crippen LogP) is 4.68. The maximum absolute atomic E-state index is 3.63. The van der Waals surface area contributed by atoms with Crippen molar-refractivity contribution in [2.24, 2.45) is 5.92 Å². The van der Waals surface area contributed by atoms with Crippen LogP contribution in [-0.2, 0) is 6.42 Å². The van der Waals surface area contributed by atoms with E-state index >= 15 is 0 Å². The highest BCUT2D eigenvalue weighted by Crippen LogP contribution is 2.22. The molecule has 0 bridgehead atoms. The molecule has 1 aromatic rings. The van der Waals surface area contributed by atoms with Crippen molar-refractivity contribution in [2.45, 2.75) is 51.8 Å². The number of hydrogen-bond acceptors (Lipinski definition) is 2. The lowest BCUT2D eigenvalue weighted by Gasteiger charge is -2.25. The molecule has 0 aliphatic carbocycles. The van der Waals surface area contributed by atoms with Crippen LogP contribution >= 0.6 is 11.8 Å². The minimum atomic E-state index is 0.297. The molecule has 1 nitrogen and oxygen atoms in total. The minimum Gasteiger partial charge on any atom is -0.309 e. The zero-order chi connectivity index (χ0) is 14.5. The molecule has 1 unspecified atom stereocenters. The molecule has 0 saturated heterocycles. The van der Waals surface area contributed by atoms with Crippen molar-refractivity contribution in [1.29, 1.82) is 0 Å². The number of rotatable bonds is 7. The van der Waals surface area contributed by atoms with Crippen molar-refractivity contribution in [2.75, 3.05) is 12.8 Å². The summed E-state index contributed by atoms with van der Waals surface area (Å²) in [5.41, 5.74) is 2.82. The first-order valence-electron chi connectivity index (χ1n) is 7.21. The largest absolute Gasteiger partial charge is 0.309 e. The third kappa shape index (κ3) is 6.01. The summed E-state index contributed by atoms with van der Waals surface area (Å²) in [6.07, 6.45) is 3.34. The van der Waals surface area contributed by atoms with E-state index in [0.29, 0.717) is 10.8 Å². The normalized spacial score (nSPS) is 13.8. The Morgan fingerprint density at radius 1 is 1.11 bits per heavy atom. The van der Waals surface area contributed by atoms with Gasteiger partial charge >= 0.3 is 0 Å². The Balaban J connectivity index is 2.55. The van der Waals surface area contributed by atoms with E-state index < -0.39 is 0 Å². The fourth-order valence-electron chi connectivity index (χ4n) is 2.00. The van der Waals surface area contributed by atoms with Gasteiger partial charge in [-0.2, -0.15) is 11.8 Å². The Hall–Kier alpha value is -0.470. The quantitative estimate of drug-likeness (QED) is 0.778. The molecule has 108 valence electrons. The van der Waals surface area contributed by atoms with Crippen molar-refractivity contribution >= 4 is 11.8 Å². The van der Waals surface area contributed by atoms with E-state index in [1.165, 1.54) is 17.5 Å². The summed E-state index contributed by atoms with van der Waals surface area (Å²) in [6.45, 7) is 12.4. The second kappa shape index (κ2) is 7.35. The van der Waals surface area contributed by atoms with Gasteiger partial charge in [0.2, 0.25) is 0 Å². The zero-order valence-electron chi connectivity index (χ0n) is 13.3. The van der Waals surface area contributed by atoms with Crippen molar-refractivity contribution < 1.29 is 0 Å². The highest BCUT2D eigenvalue weighted by atomic mass is 32.2. The van der Waals surface area contributed by atoms with Gasteiger partial charge in [-0.05, 0) is 50.5 Å². The van der Waals surface area contributed by atoms with Crippen LogP contribution in [0.2, 0.25) is 0 Å². The first-order valence-corrected chi connectivity index (χ1v) is 8.44. The Morgan fingerprint density at radius 3 is 2.16 bits per heavy atom. The number of benzene rings is 1. The minimum absolute atomic E-state index is 0.297. The van der Waals surface area contributed by atoms with Gasteiger partial charge in [0.25, 0.3) is 0 Å². The molecule has 1 N–H and O–H groups in total. The van der Waals surface area contributed by atoms with E-state index in [0.717, 1.165) is 12.5 Å². The number of thioether (sulfide) groups is 1. The van der Waals surface area contributed by atoms with Gasteiger partial charge in [0.05, 0.1) is 0 Å². The maximum atomic E-state index is 3.63. The molecular weight excluding hydrogens is 250 g/mol. The van der Waals surface area contributed by atoms with Crippen LogP contribution in [0.15, 0.2) is 24.3 Å². The van der Waals surface area contributed by atoms with Crippen molar-refractivity contribution in [1.82, 2.24) is 5.32 Å². The van der Waals surface area contributed by atoms with E-state index in [-0.39, 0.29) is 0 Å². The molecular formula is C17H29NS. The first kappa shape index (κ1) is 16.6. The van der Waals surface area contributed by atoms with Crippen LogP contribution < -0.4 is 5.32 Å². The van der Waals surface area contributed by atoms with Gasteiger partial charge in [0.1, 0.15) is 0 Å². The lowest BCUT2D eigenvalue weighted by Crippen LogP contribution is -2.33. The van der Waals surface area contributed by atoms with Gasteiger partial charge in [-0.25, -0.2) is 0 Å². The molecule has 0 aromatic heterocycles. The highest BCUT2D eigenvalue weighted by Gasteiger charge is 2.17. The molecule has 0 heterocycles. The lowest BCUT2D eigenvalue weighted by molar-refractivity contribution is 0.522. The molecule has 0 fully saturated rings. The summed E-state index contributed by atoms with van der Waals surface area (Å²) in [7, 11) is 0. The smallest absolute Gasteiger partial charge is 0.0292 e. The third-order valence-electron chi connectivity index (χ3n) is 3.51. The number of nitrogens with one attached hydrogen (secondary N) is 1. The summed E-state index contributed by atoms with van der Waals surface area (Å²) in [4.78, 5) is 0. The maximum Gasteiger partial charge on any atom is 0.0292 e. The second-order valence-electron chi connectivity index (χ2n) is 6.41. The fourth-order valence-corrected chi connectivity index (χ4v) is 2.23. The van der Waals surface area contributed by atoms with E-state index in [1.54, 1.807) is 0 Å². The fraction of sp³-hybridized carbons (Fsp3) is 0.647. The molecule has 2 heteroatoms. The molecule has 0 saturated carbocycles. The second-order valence-corrected chi connectivity index (χ2v) is 7.92. The van der Waals surface area contributed by atoms with E-state index in [9.17, 15) is 0 Å². The van der Waals surface area contributed by atoms with Gasteiger partial charge in [-0.15, -0.1) is 0 Å². The van der Waals surface area contributed by atoms with Crippen LogP contribution in [0.1, 0.15) is 51.8 Å². The third-order valence-corrected chi connectivity index (χ3v) is 4.76. The molecule has 0 spiro atoms. The summed E-state index contributed by atoms with van der Waals surface area (Å²) >= 11 is 1.91. The van der Waals surface area contributed by atoms with Gasteiger partial charge in [-0.1, -0.05) is 38.1 Å². The number of hydrogen-bond donors (Lipinski definition) is 1. The van der Waals surface area contributed by atoms with Crippen LogP contribution in [0.25, 0.3) is 0 Å². The molecule has 1 aromatic carbocycles. The van der Waals surface area contributed by atoms with Gasteiger partial charge in [0, 0.05) is 17.3 Å². The summed E-state index contributed by atoms with van der Waals surface area (Å²) < 4.78 is 0.297. The predicted molar refractivity (Wildman–Crippen MR) is 89.0 cm³/mol. The summed E-state index contributed by atoms with van der Waals surface area (Å²) in [6, 6.07) is 9.49. The highest BCUT2D eigenvalue weighted by molar-refractivity contribution is 7.99. The monoisotopic (exact) mass is 279 g/mol. The average Bonchev–Trinajstić information content (AvgIpc) is 2.36. The molecule has 1 rings (SSSR count). The Bertz CT molecular complexity index is 367. The first-order chi connectivity index (χ1) is 8.84. The van der Waals surface area contributed by atoms with Crippen molar-refractivity contribution in [3.8, 4) is 0 Å². The van der Waals surface area contributed by atoms with Crippen molar-refractivity contribution in [3.63, 3.8) is 0 Å². The Morgan fingerprint density at radius 2 is 1.68 bits per heavy atom. The molecule has 1 atom stereocenters. The van der Waals surface area contributed by atoms with Crippen LogP contribution in [0.4, 0.5) is 0 Å². The Labute approximate surface area is 123 Å².